The molecule has 4 saturated carbocycles. The first-order valence-electron chi connectivity index (χ1n) is 15.7. The van der Waals surface area contributed by atoms with Crippen molar-refractivity contribution < 1.29 is 18.9 Å². The summed E-state index contributed by atoms with van der Waals surface area (Å²) in [6, 6.07) is -0.622. The van der Waals surface area contributed by atoms with Crippen LogP contribution >= 0.6 is 0 Å². The molecule has 6 rings (SSSR count). The fourth-order valence-electron chi connectivity index (χ4n) is 9.68. The van der Waals surface area contributed by atoms with Gasteiger partial charge in [0.15, 0.2) is 12.1 Å². The van der Waals surface area contributed by atoms with Crippen LogP contribution < -0.4 is 10.6 Å². The Balaban J connectivity index is 1.14. The van der Waals surface area contributed by atoms with Crippen LogP contribution in [0.3, 0.4) is 0 Å². The van der Waals surface area contributed by atoms with E-state index in [1.54, 1.807) is 0 Å². The summed E-state index contributed by atoms with van der Waals surface area (Å²) >= 11 is 0. The Bertz CT molecular complexity index is 791. The number of carbonyl (C=O) groups is 2. The van der Waals surface area contributed by atoms with Crippen LogP contribution in [0.2, 0.25) is 0 Å². The average molecular weight is 517 g/mol. The van der Waals surface area contributed by atoms with E-state index in [4.69, 9.17) is 0 Å². The predicted octanol–water partition coefficient (Wildman–Crippen LogP) is 4.01. The van der Waals surface area contributed by atoms with E-state index in [1.165, 1.54) is 0 Å². The van der Waals surface area contributed by atoms with Crippen molar-refractivity contribution in [1.29, 1.82) is 0 Å². The van der Waals surface area contributed by atoms with Gasteiger partial charge in [0.2, 0.25) is 0 Å². The van der Waals surface area contributed by atoms with E-state index in [1.807, 2.05) is 0 Å². The second-order valence-corrected chi connectivity index (χ2v) is 13.5. The topological polar surface area (TPSA) is 104 Å². The van der Waals surface area contributed by atoms with E-state index in [0.717, 1.165) is 89.9 Å². The van der Waals surface area contributed by atoms with Gasteiger partial charge < -0.3 is 30.3 Å². The van der Waals surface area contributed by atoms with Crippen LogP contribution in [0, 0.1) is 22.3 Å². The smallest absolute Gasteiger partial charge is 0.278 e. The molecule has 37 heavy (non-hydrogen) atoms. The molecule has 208 valence electrons. The lowest BCUT2D eigenvalue weighted by molar-refractivity contribution is -0.926. The molecule has 8 nitrogen and oxygen atoms in total. The summed E-state index contributed by atoms with van der Waals surface area (Å²) in [4.78, 5) is 26.7. The Kier molecular flexibility index (Phi) is 7.31. The van der Waals surface area contributed by atoms with Crippen molar-refractivity contribution in [2.24, 2.45) is 11.8 Å². The third kappa shape index (κ3) is 4.74. The lowest BCUT2D eigenvalue weighted by Crippen LogP contribution is -2.61. The van der Waals surface area contributed by atoms with Crippen molar-refractivity contribution >= 4 is 11.8 Å². The Morgan fingerprint density at radius 3 is 1.41 bits per heavy atom. The van der Waals surface area contributed by atoms with E-state index in [0.29, 0.717) is 44.2 Å². The minimum absolute atomic E-state index is 0.00120. The quantitative estimate of drug-likeness (QED) is 0.376. The molecule has 2 saturated heterocycles. The standard InChI is InChI=1S/C29H48N4O4/c34-28(30-22-10-1-2-11-22)26-18-20-8-5-14-24(20)32(26,36)16-7-17-33(37)25-15-6-9-21(25)19-27(33)29(35)31-23-12-3-4-13-23/h20-27H,1-19H2,(H,30,34)(H,31,35)/t20-,21-,24-,25-,26-,27-,32?,33?/m0/s1. The number of amides is 2. The van der Waals surface area contributed by atoms with E-state index < -0.39 is 21.4 Å². The Morgan fingerprint density at radius 2 is 1.00 bits per heavy atom. The molecule has 2 amide bonds. The number of rotatable bonds is 8. The number of hydrogen-bond donors (Lipinski definition) is 2. The number of fused-ring (bicyclic) bond motifs is 2. The molecule has 8 heteroatoms. The minimum atomic E-state index is -0.532. The number of hydrogen-bond acceptors (Lipinski definition) is 4. The number of nitrogens with one attached hydrogen (secondary N) is 2. The maximum Gasteiger partial charge on any atom is 0.278 e. The van der Waals surface area contributed by atoms with Crippen molar-refractivity contribution in [3.05, 3.63) is 10.4 Å². The van der Waals surface area contributed by atoms with Gasteiger partial charge in [-0.15, -0.1) is 0 Å². The largest absolute Gasteiger partial charge is 0.632 e. The molecule has 0 bridgehead atoms. The first-order valence-corrected chi connectivity index (χ1v) is 15.7. The highest BCUT2D eigenvalue weighted by atomic mass is 16.6. The highest BCUT2D eigenvalue weighted by Crippen LogP contribution is 2.48. The number of hydroxylamine groups is 6. The van der Waals surface area contributed by atoms with E-state index >= 15 is 0 Å². The molecule has 0 aromatic rings. The monoisotopic (exact) mass is 516 g/mol. The van der Waals surface area contributed by atoms with Crippen LogP contribution in [0.4, 0.5) is 0 Å². The molecule has 8 atom stereocenters. The summed E-state index contributed by atoms with van der Waals surface area (Å²) in [5.74, 6) is 0.577. The molecule has 2 heterocycles. The van der Waals surface area contributed by atoms with Crippen LogP contribution in [0.15, 0.2) is 0 Å². The first-order chi connectivity index (χ1) is 17.9. The molecule has 0 radical (unpaired) electrons. The number of carbonyl (C=O) groups excluding carboxylic acids is 2. The zero-order valence-corrected chi connectivity index (χ0v) is 22.6. The van der Waals surface area contributed by atoms with Crippen LogP contribution in [0.1, 0.15) is 109 Å². The summed E-state index contributed by atoms with van der Waals surface area (Å²) in [7, 11) is 0. The van der Waals surface area contributed by atoms with Crippen molar-refractivity contribution in [1.82, 2.24) is 10.6 Å². The summed E-state index contributed by atoms with van der Waals surface area (Å²) in [6.45, 7) is 0.668. The Hall–Kier alpha value is -1.22. The molecule has 0 aromatic carbocycles. The van der Waals surface area contributed by atoms with Gasteiger partial charge >= 0.3 is 0 Å². The van der Waals surface area contributed by atoms with Gasteiger partial charge in [0.05, 0.1) is 25.2 Å². The van der Waals surface area contributed by atoms with E-state index in [-0.39, 0.29) is 36.0 Å². The van der Waals surface area contributed by atoms with Gasteiger partial charge in [-0.25, -0.2) is 0 Å². The van der Waals surface area contributed by atoms with Gasteiger partial charge in [0.1, 0.15) is 0 Å². The molecular weight excluding hydrogens is 468 g/mol. The Morgan fingerprint density at radius 1 is 0.595 bits per heavy atom. The lowest BCUT2D eigenvalue weighted by Gasteiger charge is -2.51. The van der Waals surface area contributed by atoms with Crippen molar-refractivity contribution in [3.63, 3.8) is 0 Å². The second kappa shape index (κ2) is 10.4. The summed E-state index contributed by atoms with van der Waals surface area (Å²) in [5.41, 5.74) is 0. The maximum atomic E-state index is 14.5. The number of likely N-dealkylation sites (tertiary alicyclic amines) is 2. The fourth-order valence-corrected chi connectivity index (χ4v) is 9.68. The average Bonchev–Trinajstić information content (AvgIpc) is 3.69. The number of quaternary nitrogens is 2. The highest BCUT2D eigenvalue weighted by molar-refractivity contribution is 5.82. The lowest BCUT2D eigenvalue weighted by atomic mass is 10.0. The SMILES string of the molecule is O=C(NC1CCCC1)[C@@H]1C[C@@H]2CCC[C@@H]2[N+]1([O-])CCC[N+]1([O-])[C@H](C(=O)NC2CCCC2)C[C@@H]2CCC[C@@H]21. The zero-order valence-electron chi connectivity index (χ0n) is 22.6. The van der Waals surface area contributed by atoms with Gasteiger partial charge in [-0.1, -0.05) is 25.7 Å². The third-order valence-corrected chi connectivity index (χ3v) is 11.5. The molecule has 2 aliphatic heterocycles. The summed E-state index contributed by atoms with van der Waals surface area (Å²) in [5, 5.41) is 35.4. The van der Waals surface area contributed by atoms with Gasteiger partial charge in [-0.3, -0.25) is 9.59 Å². The third-order valence-electron chi connectivity index (χ3n) is 11.5. The fraction of sp³-hybridized carbons (Fsp3) is 0.931. The van der Waals surface area contributed by atoms with Gasteiger partial charge in [0, 0.05) is 56.0 Å². The van der Waals surface area contributed by atoms with Gasteiger partial charge in [-0.05, 0) is 51.4 Å². The van der Waals surface area contributed by atoms with Gasteiger partial charge in [-0.2, -0.15) is 0 Å². The van der Waals surface area contributed by atoms with Gasteiger partial charge in [0.25, 0.3) is 11.8 Å². The van der Waals surface area contributed by atoms with Crippen molar-refractivity contribution in [2.75, 3.05) is 13.1 Å². The second-order valence-electron chi connectivity index (χ2n) is 13.5. The Labute approximate surface area is 222 Å². The van der Waals surface area contributed by atoms with Crippen molar-refractivity contribution in [3.8, 4) is 0 Å². The maximum absolute atomic E-state index is 14.5. The normalized spacial score (nSPS) is 43.8. The highest BCUT2D eigenvalue weighted by Gasteiger charge is 2.57. The molecule has 2 unspecified atom stereocenters. The van der Waals surface area contributed by atoms with E-state index in [9.17, 15) is 20.0 Å². The first kappa shape index (κ1) is 26.0. The van der Waals surface area contributed by atoms with Crippen molar-refractivity contribution in [2.45, 2.75) is 145 Å². The molecule has 6 aliphatic rings. The van der Waals surface area contributed by atoms with Crippen LogP contribution in [-0.4, -0.2) is 70.4 Å². The molecular formula is C29H48N4O4. The van der Waals surface area contributed by atoms with Crippen LogP contribution in [0.5, 0.6) is 0 Å². The predicted molar refractivity (Wildman–Crippen MR) is 141 cm³/mol. The summed E-state index contributed by atoms with van der Waals surface area (Å²) < 4.78 is -0.869. The van der Waals surface area contributed by atoms with Crippen LogP contribution in [-0.2, 0) is 9.59 Å². The molecule has 0 aromatic heterocycles. The van der Waals surface area contributed by atoms with E-state index in [2.05, 4.69) is 10.6 Å². The molecule has 2 N–H and O–H groups in total. The molecule has 4 aliphatic carbocycles. The van der Waals surface area contributed by atoms with Crippen LogP contribution in [0.25, 0.3) is 0 Å². The summed E-state index contributed by atoms with van der Waals surface area (Å²) in [6.07, 6.45) is 16.6. The molecule has 6 fully saturated rings. The zero-order chi connectivity index (χ0) is 25.6. The molecule has 0 spiro atoms. The minimum Gasteiger partial charge on any atom is -0.632 e. The number of nitrogens with zero attached hydrogens (tertiary/aromatic N) is 2.